The summed E-state index contributed by atoms with van der Waals surface area (Å²) in [6.45, 7) is 4.17. The smallest absolute Gasteiger partial charge is 0.332 e. The minimum Gasteiger partial charge on any atom is -0.479 e. The number of carboxylic acid groups (broad SMARTS) is 1. The molecule has 5 heteroatoms. The Labute approximate surface area is 94.7 Å². The Morgan fingerprint density at radius 3 is 2.62 bits per heavy atom. The molecule has 0 saturated carbocycles. The second-order valence-electron chi connectivity index (χ2n) is 3.82. The van der Waals surface area contributed by atoms with Crippen LogP contribution in [0.25, 0.3) is 0 Å². The molecule has 0 aliphatic rings. The van der Waals surface area contributed by atoms with Gasteiger partial charge in [0.2, 0.25) is 0 Å². The molecule has 0 aromatic carbocycles. The molecule has 0 saturated heterocycles. The highest BCUT2D eigenvalue weighted by atomic mass is 16.4. The number of hydrogen-bond acceptors (Lipinski definition) is 3. The molecule has 0 spiro atoms. The van der Waals surface area contributed by atoms with Gasteiger partial charge < -0.3 is 10.2 Å². The van der Waals surface area contributed by atoms with Gasteiger partial charge in [0.15, 0.2) is 6.10 Å². The molecule has 1 unspecified atom stereocenters. The van der Waals surface area contributed by atoms with Crippen molar-refractivity contribution in [3.05, 3.63) is 18.0 Å². The third-order valence-corrected chi connectivity index (χ3v) is 2.67. The van der Waals surface area contributed by atoms with E-state index in [0.29, 0.717) is 11.7 Å². The standard InChI is InChI=1S/C11H18N2O3/c1-3-9(4-2)13-6-5-8(12-13)7-10(14)11(15)16/h5-6,9-10,14H,3-4,7H2,1-2H3,(H,15,16). The molecule has 0 amide bonds. The first kappa shape index (κ1) is 12.7. The lowest BCUT2D eigenvalue weighted by Crippen LogP contribution is -2.22. The van der Waals surface area contributed by atoms with E-state index < -0.39 is 12.1 Å². The van der Waals surface area contributed by atoms with E-state index in [1.54, 1.807) is 6.07 Å². The van der Waals surface area contributed by atoms with E-state index in [2.05, 4.69) is 18.9 Å². The van der Waals surface area contributed by atoms with Crippen molar-refractivity contribution in [1.29, 1.82) is 0 Å². The summed E-state index contributed by atoms with van der Waals surface area (Å²) in [5, 5.41) is 22.0. The largest absolute Gasteiger partial charge is 0.479 e. The number of aliphatic carboxylic acids is 1. The van der Waals surface area contributed by atoms with Crippen LogP contribution in [0, 0.1) is 0 Å². The van der Waals surface area contributed by atoms with E-state index in [-0.39, 0.29) is 6.42 Å². The predicted octanol–water partition coefficient (Wildman–Crippen LogP) is 1.23. The van der Waals surface area contributed by atoms with Crippen molar-refractivity contribution in [3.8, 4) is 0 Å². The van der Waals surface area contributed by atoms with E-state index in [1.807, 2.05) is 10.9 Å². The van der Waals surface area contributed by atoms with Crippen LogP contribution in [-0.4, -0.2) is 32.1 Å². The summed E-state index contributed by atoms with van der Waals surface area (Å²) in [5.41, 5.74) is 0.613. The van der Waals surface area contributed by atoms with Crippen molar-refractivity contribution >= 4 is 5.97 Å². The average Bonchev–Trinajstić information content (AvgIpc) is 2.68. The highest BCUT2D eigenvalue weighted by Gasteiger charge is 2.16. The Balaban J connectivity index is 2.67. The van der Waals surface area contributed by atoms with Gasteiger partial charge in [-0.1, -0.05) is 13.8 Å². The van der Waals surface area contributed by atoms with E-state index in [9.17, 15) is 9.90 Å². The van der Waals surface area contributed by atoms with Gasteiger partial charge in [-0.05, 0) is 18.9 Å². The van der Waals surface area contributed by atoms with Gasteiger partial charge in [-0.25, -0.2) is 4.79 Å². The number of hydrogen-bond donors (Lipinski definition) is 2. The first-order chi connectivity index (χ1) is 7.58. The highest BCUT2D eigenvalue weighted by Crippen LogP contribution is 2.14. The predicted molar refractivity (Wildman–Crippen MR) is 59.2 cm³/mol. The zero-order chi connectivity index (χ0) is 12.1. The zero-order valence-corrected chi connectivity index (χ0v) is 9.63. The Kier molecular flexibility index (Phi) is 4.49. The van der Waals surface area contributed by atoms with Crippen molar-refractivity contribution in [2.24, 2.45) is 0 Å². The molecule has 1 rings (SSSR count). The monoisotopic (exact) mass is 226 g/mol. The minimum atomic E-state index is -1.37. The van der Waals surface area contributed by atoms with Crippen LogP contribution in [0.4, 0.5) is 0 Å². The van der Waals surface area contributed by atoms with Crippen molar-refractivity contribution in [2.75, 3.05) is 0 Å². The lowest BCUT2D eigenvalue weighted by molar-refractivity contribution is -0.146. The number of aliphatic hydroxyl groups excluding tert-OH is 1. The summed E-state index contributed by atoms with van der Waals surface area (Å²) in [6, 6.07) is 2.10. The third-order valence-electron chi connectivity index (χ3n) is 2.67. The lowest BCUT2D eigenvalue weighted by atomic mass is 10.2. The molecule has 90 valence electrons. The van der Waals surface area contributed by atoms with Crippen LogP contribution in [0.3, 0.4) is 0 Å². The van der Waals surface area contributed by atoms with Crippen LogP contribution in [0.5, 0.6) is 0 Å². The van der Waals surface area contributed by atoms with Gasteiger partial charge in [-0.15, -0.1) is 0 Å². The van der Waals surface area contributed by atoms with E-state index >= 15 is 0 Å². The molecular weight excluding hydrogens is 208 g/mol. The maximum atomic E-state index is 10.5. The summed E-state index contributed by atoms with van der Waals surface area (Å²) in [5.74, 6) is -1.21. The summed E-state index contributed by atoms with van der Waals surface area (Å²) >= 11 is 0. The Bertz CT molecular complexity index is 345. The zero-order valence-electron chi connectivity index (χ0n) is 9.63. The Morgan fingerprint density at radius 1 is 1.50 bits per heavy atom. The maximum Gasteiger partial charge on any atom is 0.332 e. The van der Waals surface area contributed by atoms with Crippen LogP contribution in [0.2, 0.25) is 0 Å². The van der Waals surface area contributed by atoms with Crippen LogP contribution >= 0.6 is 0 Å². The van der Waals surface area contributed by atoms with Crippen LogP contribution in [0.15, 0.2) is 12.3 Å². The fraction of sp³-hybridized carbons (Fsp3) is 0.636. The Hall–Kier alpha value is -1.36. The van der Waals surface area contributed by atoms with E-state index in [4.69, 9.17) is 5.11 Å². The molecule has 5 nitrogen and oxygen atoms in total. The summed E-state index contributed by atoms with van der Waals surface area (Å²) in [4.78, 5) is 10.5. The number of aromatic nitrogens is 2. The molecule has 0 bridgehead atoms. The van der Waals surface area contributed by atoms with E-state index in [0.717, 1.165) is 12.8 Å². The van der Waals surface area contributed by atoms with Gasteiger partial charge in [0.05, 0.1) is 11.7 Å². The minimum absolute atomic E-state index is 0.0580. The molecule has 1 atom stereocenters. The molecule has 0 aliphatic carbocycles. The average molecular weight is 226 g/mol. The highest BCUT2D eigenvalue weighted by molar-refractivity contribution is 5.72. The number of aliphatic hydroxyl groups is 1. The molecule has 16 heavy (non-hydrogen) atoms. The SMILES string of the molecule is CCC(CC)n1ccc(CC(O)C(=O)O)n1. The van der Waals surface area contributed by atoms with Gasteiger partial charge in [-0.2, -0.15) is 5.10 Å². The number of carboxylic acids is 1. The third kappa shape index (κ3) is 3.06. The molecule has 0 radical (unpaired) electrons. The first-order valence-electron chi connectivity index (χ1n) is 5.53. The van der Waals surface area contributed by atoms with E-state index in [1.165, 1.54) is 0 Å². The molecule has 0 fully saturated rings. The van der Waals surface area contributed by atoms with Gasteiger partial charge in [0.1, 0.15) is 0 Å². The maximum absolute atomic E-state index is 10.5. The molecule has 1 heterocycles. The molecule has 0 aliphatic heterocycles. The van der Waals surface area contributed by atoms with Crippen LogP contribution in [-0.2, 0) is 11.2 Å². The van der Waals surface area contributed by atoms with Crippen molar-refractivity contribution in [2.45, 2.75) is 45.3 Å². The summed E-state index contributed by atoms with van der Waals surface area (Å²) in [6.07, 6.45) is 2.49. The van der Waals surface area contributed by atoms with Gasteiger partial charge in [-0.3, -0.25) is 4.68 Å². The van der Waals surface area contributed by atoms with Gasteiger partial charge in [0, 0.05) is 12.6 Å². The van der Waals surface area contributed by atoms with Crippen molar-refractivity contribution < 1.29 is 15.0 Å². The number of rotatable bonds is 6. The Morgan fingerprint density at radius 2 is 2.12 bits per heavy atom. The topological polar surface area (TPSA) is 75.4 Å². The fourth-order valence-corrected chi connectivity index (χ4v) is 1.64. The molecule has 2 N–H and O–H groups in total. The second kappa shape index (κ2) is 5.65. The normalized spacial score (nSPS) is 13.0. The van der Waals surface area contributed by atoms with Crippen molar-refractivity contribution in [3.63, 3.8) is 0 Å². The number of nitrogens with zero attached hydrogens (tertiary/aromatic N) is 2. The quantitative estimate of drug-likeness (QED) is 0.765. The second-order valence-corrected chi connectivity index (χ2v) is 3.82. The molecular formula is C11H18N2O3. The number of carbonyl (C=O) groups is 1. The summed E-state index contributed by atoms with van der Waals surface area (Å²) in [7, 11) is 0. The van der Waals surface area contributed by atoms with Gasteiger partial charge >= 0.3 is 5.97 Å². The lowest BCUT2D eigenvalue weighted by Gasteiger charge is -2.12. The summed E-state index contributed by atoms with van der Waals surface area (Å²) < 4.78 is 1.84. The van der Waals surface area contributed by atoms with Crippen LogP contribution < -0.4 is 0 Å². The molecule has 1 aromatic heterocycles. The molecule has 1 aromatic rings. The van der Waals surface area contributed by atoms with Gasteiger partial charge in [0.25, 0.3) is 0 Å². The fourth-order valence-electron chi connectivity index (χ4n) is 1.64. The van der Waals surface area contributed by atoms with Crippen LogP contribution in [0.1, 0.15) is 38.4 Å². The van der Waals surface area contributed by atoms with Crippen molar-refractivity contribution in [1.82, 2.24) is 9.78 Å². The first-order valence-corrected chi connectivity index (χ1v) is 5.53.